The zero-order chi connectivity index (χ0) is 28.4. The maximum absolute atomic E-state index is 12.7. The summed E-state index contributed by atoms with van der Waals surface area (Å²) in [6.07, 6.45) is 5.68. The molecule has 2 aliphatic rings. The highest BCUT2D eigenvalue weighted by Crippen LogP contribution is 2.56. The second kappa shape index (κ2) is 16.0. The third kappa shape index (κ3) is 9.60. The average molecular weight is 626 g/mol. The lowest BCUT2D eigenvalue weighted by Gasteiger charge is -2.32. The summed E-state index contributed by atoms with van der Waals surface area (Å²) < 4.78 is 48.7. The van der Waals surface area contributed by atoms with Gasteiger partial charge in [-0.25, -0.2) is 4.79 Å². The van der Waals surface area contributed by atoms with Crippen LogP contribution in [0.15, 0.2) is 15.8 Å². The first-order valence-corrected chi connectivity index (χ1v) is 18.2. The van der Waals surface area contributed by atoms with Gasteiger partial charge in [-0.15, -0.1) is 0 Å². The Balaban J connectivity index is 1.92. The molecule has 6 atom stereocenters. The summed E-state index contributed by atoms with van der Waals surface area (Å²) in [5.74, 6) is 0. The second-order valence-electron chi connectivity index (χ2n) is 9.51. The topological polar surface area (TPSA) is 151 Å². The summed E-state index contributed by atoms with van der Waals surface area (Å²) in [5.41, 5.74) is -0.930. The van der Waals surface area contributed by atoms with Crippen LogP contribution < -0.4 is 11.2 Å². The minimum Gasteiger partial charge on any atom is -0.374 e. The lowest BCUT2D eigenvalue weighted by atomic mass is 10.1. The Morgan fingerprint density at radius 2 is 1.87 bits per heavy atom. The molecular weight excluding hydrogens is 588 g/mol. The van der Waals surface area contributed by atoms with Crippen molar-refractivity contribution >= 4 is 38.0 Å². The van der Waals surface area contributed by atoms with Crippen LogP contribution in [0.1, 0.15) is 69.6 Å². The fourth-order valence-electron chi connectivity index (χ4n) is 4.69. The zero-order valence-electron chi connectivity index (χ0n) is 22.1. The predicted molar refractivity (Wildman–Crippen MR) is 152 cm³/mol. The van der Waals surface area contributed by atoms with E-state index in [1.54, 1.807) is 6.92 Å². The van der Waals surface area contributed by atoms with Crippen LogP contribution in [0.5, 0.6) is 0 Å². The molecule has 1 saturated heterocycles. The molecule has 4 unspecified atom stereocenters. The van der Waals surface area contributed by atoms with E-state index in [2.05, 4.69) is 17.2 Å². The molecule has 2 fully saturated rings. The highest BCUT2D eigenvalue weighted by Gasteiger charge is 2.50. The van der Waals surface area contributed by atoms with Crippen LogP contribution in [0.2, 0.25) is 0 Å². The number of nitrogens with zero attached hydrogens (tertiary/aromatic N) is 2. The lowest BCUT2D eigenvalue weighted by Crippen LogP contribution is -2.40. The SMILES string of the molecule is COC1C(OP(=S)(OCCC#N)OC2CCCCCCCC2)[C@@H](CO[PH](=O)S)O[C@H]1n1cc(C)c(=O)[nH]c1=O. The normalized spacial score (nSPS) is 27.1. The summed E-state index contributed by atoms with van der Waals surface area (Å²) in [6.45, 7) is -2.09. The number of aromatic amines is 1. The summed E-state index contributed by atoms with van der Waals surface area (Å²) in [6, 6.07) is 2.03. The summed E-state index contributed by atoms with van der Waals surface area (Å²) >= 11 is 9.70. The molecule has 1 N–H and O–H groups in total. The molecule has 16 heteroatoms. The van der Waals surface area contributed by atoms with Crippen molar-refractivity contribution in [2.75, 3.05) is 20.3 Å². The predicted octanol–water partition coefficient (Wildman–Crippen LogP) is 4.15. The van der Waals surface area contributed by atoms with Gasteiger partial charge in [0.1, 0.15) is 18.3 Å². The largest absolute Gasteiger partial charge is 0.374 e. The molecule has 1 aliphatic heterocycles. The molecule has 0 radical (unpaired) electrons. The quantitative estimate of drug-likeness (QED) is 0.196. The maximum atomic E-state index is 12.7. The average Bonchev–Trinajstić information content (AvgIpc) is 3.28. The number of hydrogen-bond acceptors (Lipinski definition) is 11. The number of rotatable bonds is 12. The van der Waals surface area contributed by atoms with E-state index in [-0.39, 0.29) is 25.7 Å². The number of ether oxygens (including phenoxy) is 2. The summed E-state index contributed by atoms with van der Waals surface area (Å²) in [5, 5.41) is 9.06. The van der Waals surface area contributed by atoms with Gasteiger partial charge in [0.15, 0.2) is 6.23 Å². The van der Waals surface area contributed by atoms with E-state index in [1.165, 1.54) is 30.7 Å². The van der Waals surface area contributed by atoms with E-state index in [1.807, 2.05) is 6.07 Å². The van der Waals surface area contributed by atoms with Crippen molar-refractivity contribution in [2.45, 2.75) is 95.4 Å². The van der Waals surface area contributed by atoms with Crippen LogP contribution in [-0.4, -0.2) is 54.3 Å². The first kappa shape index (κ1) is 32.7. The van der Waals surface area contributed by atoms with Crippen molar-refractivity contribution in [2.24, 2.45) is 0 Å². The molecule has 1 aromatic heterocycles. The summed E-state index contributed by atoms with van der Waals surface area (Å²) in [7, 11) is -1.21. The molecule has 220 valence electrons. The van der Waals surface area contributed by atoms with Gasteiger partial charge in [0.05, 0.1) is 31.8 Å². The number of hydrogen-bond donors (Lipinski definition) is 2. The van der Waals surface area contributed by atoms with Gasteiger partial charge in [-0.2, -0.15) is 5.26 Å². The Morgan fingerprint density at radius 1 is 1.21 bits per heavy atom. The van der Waals surface area contributed by atoms with Gasteiger partial charge in [-0.05, 0) is 31.6 Å². The molecule has 1 saturated carbocycles. The number of aryl methyl sites for hydroxylation is 1. The molecule has 2 heterocycles. The third-order valence-corrected chi connectivity index (χ3v) is 9.83. The van der Waals surface area contributed by atoms with Crippen molar-refractivity contribution in [3.63, 3.8) is 0 Å². The molecule has 3 rings (SSSR count). The fourth-order valence-corrected chi connectivity index (χ4v) is 7.73. The number of methoxy groups -OCH3 is 1. The third-order valence-electron chi connectivity index (χ3n) is 6.64. The van der Waals surface area contributed by atoms with E-state index in [9.17, 15) is 14.2 Å². The summed E-state index contributed by atoms with van der Waals surface area (Å²) in [4.78, 5) is 26.9. The van der Waals surface area contributed by atoms with E-state index in [4.69, 9.17) is 44.6 Å². The molecule has 1 aliphatic carbocycles. The zero-order valence-corrected chi connectivity index (χ0v) is 25.7. The highest BCUT2D eigenvalue weighted by atomic mass is 32.7. The van der Waals surface area contributed by atoms with Crippen LogP contribution in [0, 0.1) is 18.3 Å². The number of H-pyrrole nitrogens is 1. The fraction of sp³-hybridized carbons (Fsp3) is 0.783. The smallest absolute Gasteiger partial charge is 0.330 e. The minimum absolute atomic E-state index is 0.0131. The highest BCUT2D eigenvalue weighted by molar-refractivity contribution is 8.39. The van der Waals surface area contributed by atoms with Crippen molar-refractivity contribution in [1.82, 2.24) is 9.55 Å². The molecule has 12 nitrogen and oxygen atoms in total. The van der Waals surface area contributed by atoms with Gasteiger partial charge in [-0.1, -0.05) is 50.8 Å². The van der Waals surface area contributed by atoms with Crippen molar-refractivity contribution < 1.29 is 32.1 Å². The van der Waals surface area contributed by atoms with Crippen LogP contribution in [0.25, 0.3) is 0 Å². The maximum Gasteiger partial charge on any atom is 0.330 e. The molecule has 1 aromatic rings. The molecular formula is C23H37N3O9P2S2. The van der Waals surface area contributed by atoms with Crippen molar-refractivity contribution in [3.05, 3.63) is 32.6 Å². The Morgan fingerprint density at radius 3 is 2.49 bits per heavy atom. The van der Waals surface area contributed by atoms with Gasteiger partial charge < -0.3 is 23.0 Å². The van der Waals surface area contributed by atoms with Gasteiger partial charge in [0.25, 0.3) is 5.56 Å². The number of thiol groups is 1. The molecule has 0 aromatic carbocycles. The van der Waals surface area contributed by atoms with Gasteiger partial charge >= 0.3 is 12.4 Å². The lowest BCUT2D eigenvalue weighted by molar-refractivity contribution is -0.0598. The Bertz CT molecular complexity index is 1160. The number of nitrogens with one attached hydrogen (secondary N) is 1. The Labute approximate surface area is 238 Å². The minimum atomic E-state index is -3.46. The van der Waals surface area contributed by atoms with Gasteiger partial charge in [0.2, 0.25) is 7.23 Å². The standard InChI is InChI=1S/C23H37N3O9P2S2/c1-16-14-26(23(28)25-21(16)27)22-20(30-2)19(18(33-22)15-31-36(29)38)35-37(39,32-13-9-12-24)34-17-10-7-5-3-4-6-8-11-17/h14,17-20,22,36H,3-11,13,15H2,1-2H3,(H,29,38)(H,25,27,28)/t18-,19?,20?,22-,37?/m1/s1. The van der Waals surface area contributed by atoms with E-state index >= 15 is 0 Å². The number of aromatic nitrogens is 2. The van der Waals surface area contributed by atoms with Crippen molar-refractivity contribution in [3.8, 4) is 6.07 Å². The molecule has 0 amide bonds. The molecule has 0 spiro atoms. The van der Waals surface area contributed by atoms with Gasteiger partial charge in [0, 0.05) is 18.9 Å². The first-order valence-electron chi connectivity index (χ1n) is 13.0. The van der Waals surface area contributed by atoms with E-state index in [0.29, 0.717) is 5.56 Å². The first-order chi connectivity index (χ1) is 18.7. The van der Waals surface area contributed by atoms with Crippen LogP contribution >= 0.6 is 26.2 Å². The van der Waals surface area contributed by atoms with Crippen LogP contribution in [0.4, 0.5) is 0 Å². The Kier molecular flexibility index (Phi) is 13.4. The van der Waals surface area contributed by atoms with E-state index in [0.717, 1.165) is 38.5 Å². The molecule has 0 bridgehead atoms. The monoisotopic (exact) mass is 625 g/mol. The van der Waals surface area contributed by atoms with Crippen LogP contribution in [-0.2, 0) is 43.9 Å². The Hall–Kier alpha value is -0.840. The van der Waals surface area contributed by atoms with Crippen LogP contribution in [0.3, 0.4) is 0 Å². The van der Waals surface area contributed by atoms with E-state index < -0.39 is 49.7 Å². The second-order valence-corrected chi connectivity index (χ2v) is 14.3. The molecule has 39 heavy (non-hydrogen) atoms. The number of nitriles is 1. The van der Waals surface area contributed by atoms with Gasteiger partial charge in [-0.3, -0.25) is 23.4 Å². The van der Waals surface area contributed by atoms with Crippen molar-refractivity contribution in [1.29, 1.82) is 5.26 Å².